The Balaban J connectivity index is 1.27. The highest BCUT2D eigenvalue weighted by Crippen LogP contribution is 2.11. The number of hydrogen-bond acceptors (Lipinski definition) is 4. The summed E-state index contributed by atoms with van der Waals surface area (Å²) < 4.78 is 5.75. The van der Waals surface area contributed by atoms with Gasteiger partial charge in [0, 0.05) is 45.8 Å². The van der Waals surface area contributed by atoms with Crippen molar-refractivity contribution in [1.29, 1.82) is 0 Å². The van der Waals surface area contributed by atoms with Crippen LogP contribution in [0.5, 0.6) is 5.75 Å². The highest BCUT2D eigenvalue weighted by Gasteiger charge is 2.22. The van der Waals surface area contributed by atoms with Gasteiger partial charge in [-0.1, -0.05) is 18.2 Å². The Kier molecular flexibility index (Phi) is 7.12. The largest absolute Gasteiger partial charge is 0.494 e. The van der Waals surface area contributed by atoms with Gasteiger partial charge in [0.2, 0.25) is 5.91 Å². The minimum atomic E-state index is 0.324. The van der Waals surface area contributed by atoms with Crippen LogP contribution in [-0.4, -0.2) is 79.6 Å². The number of carbonyl (C=O) groups excluding carboxylic acids is 1. The van der Waals surface area contributed by atoms with Gasteiger partial charge < -0.3 is 14.5 Å². The quantitative estimate of drug-likeness (QED) is 0.709. The normalized spacial score (nSPS) is 19.8. The van der Waals surface area contributed by atoms with Crippen LogP contribution in [0, 0.1) is 0 Å². The van der Waals surface area contributed by atoms with Crippen LogP contribution in [0.1, 0.15) is 25.7 Å². The number of rotatable bonds is 7. The second-order valence-corrected chi connectivity index (χ2v) is 7.07. The molecule has 0 aromatic heterocycles. The van der Waals surface area contributed by atoms with Crippen LogP contribution in [0.2, 0.25) is 0 Å². The molecule has 2 fully saturated rings. The lowest BCUT2D eigenvalue weighted by Gasteiger charge is -2.36. The second kappa shape index (κ2) is 9.78. The van der Waals surface area contributed by atoms with Gasteiger partial charge in [-0.2, -0.15) is 0 Å². The molecular formula is C20H31N3O2. The topological polar surface area (TPSA) is 36.0 Å². The smallest absolute Gasteiger partial charge is 0.236 e. The zero-order valence-corrected chi connectivity index (χ0v) is 15.2. The molecule has 2 heterocycles. The summed E-state index contributed by atoms with van der Waals surface area (Å²) in [6.45, 7) is 8.46. The molecule has 138 valence electrons. The summed E-state index contributed by atoms with van der Waals surface area (Å²) in [5, 5.41) is 0. The zero-order valence-electron chi connectivity index (χ0n) is 15.2. The monoisotopic (exact) mass is 345 g/mol. The molecule has 0 spiro atoms. The van der Waals surface area contributed by atoms with E-state index in [1.807, 2.05) is 30.3 Å². The Hall–Kier alpha value is -1.59. The molecule has 5 nitrogen and oxygen atoms in total. The van der Waals surface area contributed by atoms with Crippen molar-refractivity contribution in [3.05, 3.63) is 30.3 Å². The molecule has 3 rings (SSSR count). The molecule has 0 bridgehead atoms. The molecule has 25 heavy (non-hydrogen) atoms. The fourth-order valence-corrected chi connectivity index (χ4v) is 3.60. The van der Waals surface area contributed by atoms with Crippen molar-refractivity contribution in [3.8, 4) is 5.75 Å². The maximum absolute atomic E-state index is 12.3. The van der Waals surface area contributed by atoms with Crippen LogP contribution < -0.4 is 4.74 Å². The Morgan fingerprint density at radius 2 is 1.56 bits per heavy atom. The minimum Gasteiger partial charge on any atom is -0.494 e. The maximum Gasteiger partial charge on any atom is 0.236 e. The number of ether oxygens (including phenoxy) is 1. The summed E-state index contributed by atoms with van der Waals surface area (Å²) in [6, 6.07) is 10.00. The van der Waals surface area contributed by atoms with E-state index in [4.69, 9.17) is 4.74 Å². The van der Waals surface area contributed by atoms with E-state index in [0.29, 0.717) is 12.5 Å². The standard InChI is InChI=1S/C20H31N3O2/c24-20(23-11-5-2-6-12-23)18-22-15-13-21(14-16-22)10-7-17-25-19-8-3-1-4-9-19/h1,3-4,8-9H,2,5-7,10-18H2. The molecule has 1 amide bonds. The number of likely N-dealkylation sites (tertiary alicyclic amines) is 1. The average molecular weight is 345 g/mol. The molecule has 0 radical (unpaired) electrons. The molecule has 1 aromatic rings. The molecule has 5 heteroatoms. The first kappa shape index (κ1) is 18.2. The zero-order chi connectivity index (χ0) is 17.3. The summed E-state index contributed by atoms with van der Waals surface area (Å²) >= 11 is 0. The van der Waals surface area contributed by atoms with E-state index < -0.39 is 0 Å². The third kappa shape index (κ3) is 6.01. The highest BCUT2D eigenvalue weighted by atomic mass is 16.5. The Morgan fingerprint density at radius 3 is 2.28 bits per heavy atom. The molecule has 2 aliphatic heterocycles. The van der Waals surface area contributed by atoms with Crippen LogP contribution in [-0.2, 0) is 4.79 Å². The third-order valence-corrected chi connectivity index (χ3v) is 5.16. The Morgan fingerprint density at radius 1 is 0.880 bits per heavy atom. The molecule has 2 aliphatic rings. The van der Waals surface area contributed by atoms with E-state index in [-0.39, 0.29) is 0 Å². The Labute approximate surface area is 151 Å². The number of piperazine rings is 1. The maximum atomic E-state index is 12.3. The van der Waals surface area contributed by atoms with E-state index in [1.165, 1.54) is 19.3 Å². The van der Waals surface area contributed by atoms with Gasteiger partial charge in [0.1, 0.15) is 5.75 Å². The van der Waals surface area contributed by atoms with Gasteiger partial charge in [-0.25, -0.2) is 0 Å². The lowest BCUT2D eigenvalue weighted by molar-refractivity contribution is -0.133. The number of hydrogen-bond donors (Lipinski definition) is 0. The van der Waals surface area contributed by atoms with Gasteiger partial charge in [-0.3, -0.25) is 9.69 Å². The van der Waals surface area contributed by atoms with Crippen molar-refractivity contribution in [1.82, 2.24) is 14.7 Å². The molecule has 0 unspecified atom stereocenters. The van der Waals surface area contributed by atoms with Crippen LogP contribution in [0.15, 0.2) is 30.3 Å². The fraction of sp³-hybridized carbons (Fsp3) is 0.650. The Bertz CT molecular complexity index is 509. The van der Waals surface area contributed by atoms with E-state index in [9.17, 15) is 4.79 Å². The average Bonchev–Trinajstić information content (AvgIpc) is 2.68. The molecule has 0 saturated carbocycles. The molecule has 2 saturated heterocycles. The second-order valence-electron chi connectivity index (χ2n) is 7.07. The highest BCUT2D eigenvalue weighted by molar-refractivity contribution is 5.78. The molecule has 0 aliphatic carbocycles. The predicted molar refractivity (Wildman–Crippen MR) is 99.9 cm³/mol. The molecule has 0 atom stereocenters. The van der Waals surface area contributed by atoms with Crippen LogP contribution >= 0.6 is 0 Å². The van der Waals surface area contributed by atoms with Crippen molar-refractivity contribution in [2.24, 2.45) is 0 Å². The van der Waals surface area contributed by atoms with E-state index in [0.717, 1.165) is 64.6 Å². The van der Waals surface area contributed by atoms with Crippen LogP contribution in [0.3, 0.4) is 0 Å². The SMILES string of the molecule is O=C(CN1CCN(CCCOc2ccccc2)CC1)N1CCCCC1. The van der Waals surface area contributed by atoms with Gasteiger partial charge in [-0.15, -0.1) is 0 Å². The fourth-order valence-electron chi connectivity index (χ4n) is 3.60. The number of nitrogens with zero attached hydrogens (tertiary/aromatic N) is 3. The number of benzene rings is 1. The van der Waals surface area contributed by atoms with Gasteiger partial charge >= 0.3 is 0 Å². The van der Waals surface area contributed by atoms with Gasteiger partial charge in [-0.05, 0) is 37.8 Å². The van der Waals surface area contributed by atoms with E-state index >= 15 is 0 Å². The lowest BCUT2D eigenvalue weighted by Crippen LogP contribution is -2.50. The van der Waals surface area contributed by atoms with Gasteiger partial charge in [0.15, 0.2) is 0 Å². The van der Waals surface area contributed by atoms with Gasteiger partial charge in [0.05, 0.1) is 13.2 Å². The third-order valence-electron chi connectivity index (χ3n) is 5.16. The van der Waals surface area contributed by atoms with Crippen LogP contribution in [0.25, 0.3) is 0 Å². The van der Waals surface area contributed by atoms with Crippen molar-refractivity contribution in [3.63, 3.8) is 0 Å². The summed E-state index contributed by atoms with van der Waals surface area (Å²) in [4.78, 5) is 19.2. The van der Waals surface area contributed by atoms with E-state index in [2.05, 4.69) is 14.7 Å². The first-order valence-electron chi connectivity index (χ1n) is 9.71. The lowest BCUT2D eigenvalue weighted by atomic mass is 10.1. The first-order valence-corrected chi connectivity index (χ1v) is 9.71. The number of piperidine rings is 1. The van der Waals surface area contributed by atoms with E-state index in [1.54, 1.807) is 0 Å². The van der Waals surface area contributed by atoms with Crippen molar-refractivity contribution in [2.75, 3.05) is 59.0 Å². The molecule has 0 N–H and O–H groups in total. The summed E-state index contributed by atoms with van der Waals surface area (Å²) in [5.74, 6) is 1.27. The van der Waals surface area contributed by atoms with Crippen molar-refractivity contribution < 1.29 is 9.53 Å². The number of amides is 1. The predicted octanol–water partition coefficient (Wildman–Crippen LogP) is 2.09. The number of carbonyl (C=O) groups is 1. The molecule has 1 aromatic carbocycles. The minimum absolute atomic E-state index is 0.324. The first-order chi connectivity index (χ1) is 12.3. The van der Waals surface area contributed by atoms with Gasteiger partial charge in [0.25, 0.3) is 0 Å². The van der Waals surface area contributed by atoms with Crippen molar-refractivity contribution in [2.45, 2.75) is 25.7 Å². The summed E-state index contributed by atoms with van der Waals surface area (Å²) in [6.07, 6.45) is 4.66. The summed E-state index contributed by atoms with van der Waals surface area (Å²) in [7, 11) is 0. The number of para-hydroxylation sites is 1. The van der Waals surface area contributed by atoms with Crippen molar-refractivity contribution >= 4 is 5.91 Å². The molecular weight excluding hydrogens is 314 g/mol. The summed E-state index contributed by atoms with van der Waals surface area (Å²) in [5.41, 5.74) is 0. The van der Waals surface area contributed by atoms with Crippen LogP contribution in [0.4, 0.5) is 0 Å².